The average molecular weight is 319 g/mol. The number of carbonyl (C=O) groups excluding carboxylic acids is 2. The first-order valence-corrected chi connectivity index (χ1v) is 7.48. The molecule has 0 aliphatic heterocycles. The molecule has 0 unspecified atom stereocenters. The van der Waals surface area contributed by atoms with Gasteiger partial charge >= 0.3 is 0 Å². The van der Waals surface area contributed by atoms with Crippen molar-refractivity contribution in [1.29, 1.82) is 0 Å². The normalized spacial score (nSPS) is 21.7. The summed E-state index contributed by atoms with van der Waals surface area (Å²) in [5, 5.41) is 8.70. The number of aliphatic hydroxyl groups excluding tert-OH is 1. The van der Waals surface area contributed by atoms with Gasteiger partial charge in [-0.15, -0.1) is 0 Å². The Morgan fingerprint density at radius 1 is 1.17 bits per heavy atom. The van der Waals surface area contributed by atoms with Crippen LogP contribution in [-0.2, 0) is 9.59 Å². The van der Waals surface area contributed by atoms with Gasteiger partial charge in [0.1, 0.15) is 17.5 Å². The van der Waals surface area contributed by atoms with Crippen LogP contribution < -0.4 is 9.47 Å². The smallest absolute Gasteiger partial charge is 0.160 e. The molecule has 6 nitrogen and oxygen atoms in total. The largest absolute Gasteiger partial charge is 0.493 e. The topological polar surface area (TPSA) is 85.2 Å². The number of ether oxygens (including phenoxy) is 2. The van der Waals surface area contributed by atoms with E-state index in [4.69, 9.17) is 14.6 Å². The van der Waals surface area contributed by atoms with Gasteiger partial charge in [0.05, 0.1) is 27.4 Å². The lowest BCUT2D eigenvalue weighted by Crippen LogP contribution is -2.33. The maximum absolute atomic E-state index is 12.2. The summed E-state index contributed by atoms with van der Waals surface area (Å²) in [6.45, 7) is 0.107. The van der Waals surface area contributed by atoms with Crippen LogP contribution in [-0.4, -0.2) is 50.3 Å². The highest BCUT2D eigenvalue weighted by molar-refractivity contribution is 6.16. The lowest BCUT2D eigenvalue weighted by molar-refractivity contribution is -0.133. The molecule has 0 aromatic heterocycles. The summed E-state index contributed by atoms with van der Waals surface area (Å²) in [6, 6.07) is 5.44. The summed E-state index contributed by atoms with van der Waals surface area (Å²) in [7, 11) is 3.11. The first-order chi connectivity index (χ1) is 11.1. The summed E-state index contributed by atoms with van der Waals surface area (Å²) in [4.78, 5) is 28.4. The molecule has 6 heteroatoms. The predicted molar refractivity (Wildman–Crippen MR) is 85.5 cm³/mol. The van der Waals surface area contributed by atoms with E-state index in [1.165, 1.54) is 6.21 Å². The van der Waals surface area contributed by atoms with Crippen LogP contribution in [0.5, 0.6) is 11.5 Å². The third kappa shape index (κ3) is 3.96. The first-order valence-electron chi connectivity index (χ1n) is 7.48. The Hall–Kier alpha value is -2.21. The van der Waals surface area contributed by atoms with Crippen molar-refractivity contribution in [3.63, 3.8) is 0 Å². The minimum Gasteiger partial charge on any atom is -0.493 e. The SMILES string of the molecule is COc1ccc(C2CC(=O)C(C=NCCO)C(=O)C2)cc1OC. The summed E-state index contributed by atoms with van der Waals surface area (Å²) in [6.07, 6.45) is 1.94. The van der Waals surface area contributed by atoms with Crippen molar-refractivity contribution in [2.75, 3.05) is 27.4 Å². The zero-order valence-corrected chi connectivity index (χ0v) is 13.3. The van der Waals surface area contributed by atoms with E-state index in [-0.39, 0.29) is 43.5 Å². The van der Waals surface area contributed by atoms with Crippen molar-refractivity contribution < 1.29 is 24.2 Å². The summed E-state index contributed by atoms with van der Waals surface area (Å²) < 4.78 is 10.5. The van der Waals surface area contributed by atoms with Gasteiger partial charge in [-0.25, -0.2) is 0 Å². The molecule has 0 radical (unpaired) electrons. The number of rotatable bonds is 6. The quantitative estimate of drug-likeness (QED) is 0.633. The number of hydrogen-bond acceptors (Lipinski definition) is 6. The van der Waals surface area contributed by atoms with Gasteiger partial charge in [-0.3, -0.25) is 14.6 Å². The Bertz CT molecular complexity index is 593. The van der Waals surface area contributed by atoms with E-state index in [1.807, 2.05) is 12.1 Å². The molecule has 0 bridgehead atoms. The molecule has 0 heterocycles. The van der Waals surface area contributed by atoms with Crippen LogP contribution in [0.2, 0.25) is 0 Å². The number of hydrogen-bond donors (Lipinski definition) is 1. The van der Waals surface area contributed by atoms with E-state index >= 15 is 0 Å². The zero-order valence-electron chi connectivity index (χ0n) is 13.3. The Kier molecular flexibility index (Phi) is 5.87. The van der Waals surface area contributed by atoms with Crippen LogP contribution >= 0.6 is 0 Å². The van der Waals surface area contributed by atoms with Gasteiger partial charge in [0.15, 0.2) is 11.5 Å². The van der Waals surface area contributed by atoms with Crippen LogP contribution in [0, 0.1) is 5.92 Å². The molecule has 1 saturated carbocycles. The second kappa shape index (κ2) is 7.87. The summed E-state index contributed by atoms with van der Waals surface area (Å²) in [5.74, 6) is -0.0176. The molecule has 1 aliphatic rings. The van der Waals surface area contributed by atoms with E-state index in [9.17, 15) is 9.59 Å². The first kappa shape index (κ1) is 17.1. The highest BCUT2D eigenvalue weighted by Crippen LogP contribution is 2.36. The van der Waals surface area contributed by atoms with Crippen molar-refractivity contribution in [3.8, 4) is 11.5 Å². The molecule has 1 N–H and O–H groups in total. The number of aliphatic imine (C=N–C) groups is 1. The van der Waals surface area contributed by atoms with E-state index in [0.29, 0.717) is 11.5 Å². The molecule has 124 valence electrons. The van der Waals surface area contributed by atoms with E-state index in [1.54, 1.807) is 20.3 Å². The number of carbonyl (C=O) groups is 2. The van der Waals surface area contributed by atoms with Crippen molar-refractivity contribution in [1.82, 2.24) is 0 Å². The molecular weight excluding hydrogens is 298 g/mol. The van der Waals surface area contributed by atoms with Crippen LogP contribution in [0.4, 0.5) is 0 Å². The van der Waals surface area contributed by atoms with Crippen molar-refractivity contribution in [2.45, 2.75) is 18.8 Å². The molecule has 0 spiro atoms. The summed E-state index contributed by atoms with van der Waals surface area (Å²) in [5.41, 5.74) is 0.884. The maximum atomic E-state index is 12.2. The zero-order chi connectivity index (χ0) is 16.8. The molecule has 1 aromatic rings. The van der Waals surface area contributed by atoms with Crippen LogP contribution in [0.25, 0.3) is 0 Å². The van der Waals surface area contributed by atoms with E-state index in [0.717, 1.165) is 5.56 Å². The van der Waals surface area contributed by atoms with Crippen molar-refractivity contribution >= 4 is 17.8 Å². The van der Waals surface area contributed by atoms with Gasteiger partial charge < -0.3 is 14.6 Å². The summed E-state index contributed by atoms with van der Waals surface area (Å²) >= 11 is 0. The Morgan fingerprint density at radius 2 is 1.83 bits per heavy atom. The Morgan fingerprint density at radius 3 is 2.39 bits per heavy atom. The second-order valence-electron chi connectivity index (χ2n) is 5.41. The third-order valence-corrected chi connectivity index (χ3v) is 3.95. The monoisotopic (exact) mass is 319 g/mol. The maximum Gasteiger partial charge on any atom is 0.160 e. The van der Waals surface area contributed by atoms with E-state index in [2.05, 4.69) is 4.99 Å². The Balaban J connectivity index is 2.15. The lowest BCUT2D eigenvalue weighted by atomic mass is 9.77. The minimum atomic E-state index is -0.780. The minimum absolute atomic E-state index is 0.0974. The van der Waals surface area contributed by atoms with Gasteiger partial charge in [-0.05, 0) is 23.6 Å². The number of benzene rings is 1. The van der Waals surface area contributed by atoms with Crippen LogP contribution in [0.3, 0.4) is 0 Å². The van der Waals surface area contributed by atoms with Crippen molar-refractivity contribution in [2.24, 2.45) is 10.9 Å². The average Bonchev–Trinajstić information content (AvgIpc) is 2.56. The van der Waals surface area contributed by atoms with Crippen LogP contribution in [0.1, 0.15) is 24.3 Å². The van der Waals surface area contributed by atoms with Gasteiger partial charge in [0, 0.05) is 19.1 Å². The molecule has 0 atom stereocenters. The standard InChI is InChI=1S/C17H21NO5/c1-22-16-4-3-11(9-17(16)23-2)12-7-14(20)13(15(21)8-12)10-18-5-6-19/h3-4,9-10,12-13,19H,5-8H2,1-2H3. The number of methoxy groups -OCH3 is 2. The Labute approximate surface area is 135 Å². The molecule has 23 heavy (non-hydrogen) atoms. The predicted octanol–water partition coefficient (Wildman–Crippen LogP) is 1.40. The number of Topliss-reactive ketones (excluding diaryl/α,β-unsaturated/α-hetero) is 2. The van der Waals surface area contributed by atoms with Crippen LogP contribution in [0.15, 0.2) is 23.2 Å². The number of nitrogens with zero attached hydrogens (tertiary/aromatic N) is 1. The van der Waals surface area contributed by atoms with Gasteiger partial charge in [0.25, 0.3) is 0 Å². The van der Waals surface area contributed by atoms with Gasteiger partial charge in [-0.2, -0.15) is 0 Å². The molecular formula is C17H21NO5. The fraction of sp³-hybridized carbons (Fsp3) is 0.471. The molecule has 1 aliphatic carbocycles. The molecule has 1 fully saturated rings. The fourth-order valence-electron chi connectivity index (χ4n) is 2.74. The highest BCUT2D eigenvalue weighted by Gasteiger charge is 2.35. The second-order valence-corrected chi connectivity index (χ2v) is 5.41. The lowest BCUT2D eigenvalue weighted by Gasteiger charge is -2.25. The molecule has 0 saturated heterocycles. The third-order valence-electron chi connectivity index (χ3n) is 3.95. The van der Waals surface area contributed by atoms with Gasteiger partial charge in [0.2, 0.25) is 0 Å². The molecule has 2 rings (SSSR count). The number of ketones is 2. The highest BCUT2D eigenvalue weighted by atomic mass is 16.5. The fourth-order valence-corrected chi connectivity index (χ4v) is 2.74. The van der Waals surface area contributed by atoms with Crippen molar-refractivity contribution in [3.05, 3.63) is 23.8 Å². The van der Waals surface area contributed by atoms with E-state index < -0.39 is 5.92 Å². The molecule has 0 amide bonds. The van der Waals surface area contributed by atoms with Gasteiger partial charge in [-0.1, -0.05) is 6.07 Å². The number of aliphatic hydroxyl groups is 1. The molecule has 1 aromatic carbocycles.